The van der Waals surface area contributed by atoms with E-state index in [2.05, 4.69) is 15.2 Å². The third-order valence-corrected chi connectivity index (χ3v) is 4.59. The van der Waals surface area contributed by atoms with Gasteiger partial charge in [0.05, 0.1) is 10.7 Å². The second-order valence-corrected chi connectivity index (χ2v) is 8.29. The molecule has 3 rings (SSSR count). The van der Waals surface area contributed by atoms with Crippen LogP contribution in [0.15, 0.2) is 29.2 Å². The Morgan fingerprint density at radius 2 is 2.04 bits per heavy atom. The molecule has 3 heterocycles. The Morgan fingerprint density at radius 3 is 2.70 bits per heavy atom. The predicted molar refractivity (Wildman–Crippen MR) is 104 cm³/mol. The minimum atomic E-state index is -0.495. The molecule has 1 aliphatic heterocycles. The second kappa shape index (κ2) is 7.86. The monoisotopic (exact) mass is 392 g/mol. The average Bonchev–Trinajstić information content (AvgIpc) is 2.56. The number of aromatic nitrogens is 2. The Kier molecular flexibility index (Phi) is 5.72. The van der Waals surface area contributed by atoms with Gasteiger partial charge in [-0.1, -0.05) is 11.6 Å². The molecule has 1 aliphatic rings. The Hall–Kier alpha value is -2.12. The maximum atomic E-state index is 12.3. The zero-order chi connectivity index (χ0) is 19.6. The van der Waals surface area contributed by atoms with Crippen molar-refractivity contribution >= 4 is 23.3 Å². The quantitative estimate of drug-likeness (QED) is 0.869. The van der Waals surface area contributed by atoms with Crippen molar-refractivity contribution in [2.24, 2.45) is 0 Å². The number of hydrogen-bond donors (Lipinski definition) is 1. The number of amides is 1. The smallest absolute Gasteiger partial charge is 0.407 e. The van der Waals surface area contributed by atoms with Crippen molar-refractivity contribution in [3.05, 3.63) is 45.5 Å². The molecule has 0 radical (unpaired) electrons. The van der Waals surface area contributed by atoms with E-state index in [1.54, 1.807) is 24.4 Å². The summed E-state index contributed by atoms with van der Waals surface area (Å²) in [7, 11) is 0. The van der Waals surface area contributed by atoms with Crippen molar-refractivity contribution in [2.45, 2.75) is 51.8 Å². The number of ether oxygens (including phenoxy) is 1. The topological polar surface area (TPSA) is 75.9 Å². The summed E-state index contributed by atoms with van der Waals surface area (Å²) in [5.41, 5.74) is 0.688. The molecule has 0 bridgehead atoms. The van der Waals surface area contributed by atoms with Crippen molar-refractivity contribution in [2.75, 3.05) is 13.1 Å². The van der Waals surface area contributed by atoms with Crippen LogP contribution in [0.25, 0.3) is 5.65 Å². The van der Waals surface area contributed by atoms with Gasteiger partial charge in [-0.05, 0) is 45.7 Å². The number of carbonyl (C=O) groups is 1. The van der Waals surface area contributed by atoms with Crippen molar-refractivity contribution in [3.8, 4) is 0 Å². The first-order valence-corrected chi connectivity index (χ1v) is 9.47. The second-order valence-electron chi connectivity index (χ2n) is 7.86. The molecule has 1 fully saturated rings. The molecule has 0 atom stereocenters. The van der Waals surface area contributed by atoms with E-state index in [4.69, 9.17) is 16.3 Å². The standard InChI is InChI=1S/C19H25ClN4O3/c1-19(2,3)27-18(26)22-14-6-8-23(9-7-14)12-15-10-17(25)24-11-13(20)4-5-16(24)21-15/h4-5,10-11,14H,6-9,12H2,1-3H3,(H,22,26). The summed E-state index contributed by atoms with van der Waals surface area (Å²) in [5, 5.41) is 3.43. The molecule has 0 spiro atoms. The molecule has 1 N–H and O–H groups in total. The molecule has 8 heteroatoms. The fraction of sp³-hybridized carbons (Fsp3) is 0.526. The van der Waals surface area contributed by atoms with E-state index in [1.165, 1.54) is 4.40 Å². The Morgan fingerprint density at radius 1 is 1.33 bits per heavy atom. The van der Waals surface area contributed by atoms with Gasteiger partial charge in [-0.3, -0.25) is 14.1 Å². The van der Waals surface area contributed by atoms with Crippen LogP contribution < -0.4 is 10.9 Å². The van der Waals surface area contributed by atoms with E-state index >= 15 is 0 Å². The first-order chi connectivity index (χ1) is 12.7. The van der Waals surface area contributed by atoms with Crippen LogP contribution in [0.5, 0.6) is 0 Å². The molecule has 0 unspecified atom stereocenters. The van der Waals surface area contributed by atoms with E-state index in [0.29, 0.717) is 17.2 Å². The van der Waals surface area contributed by atoms with Gasteiger partial charge in [0.15, 0.2) is 0 Å². The minimum absolute atomic E-state index is 0.105. The number of nitrogens with zero attached hydrogens (tertiary/aromatic N) is 3. The average molecular weight is 393 g/mol. The molecule has 27 heavy (non-hydrogen) atoms. The van der Waals surface area contributed by atoms with Gasteiger partial charge in [0.25, 0.3) is 5.56 Å². The molecule has 2 aromatic rings. The summed E-state index contributed by atoms with van der Waals surface area (Å²) in [4.78, 5) is 30.9. The summed E-state index contributed by atoms with van der Waals surface area (Å²) in [6.07, 6.45) is 2.87. The summed E-state index contributed by atoms with van der Waals surface area (Å²) in [5.74, 6) is 0. The molecule has 1 amide bonds. The minimum Gasteiger partial charge on any atom is -0.444 e. The highest BCUT2D eigenvalue weighted by molar-refractivity contribution is 6.30. The Bertz CT molecular complexity index is 883. The number of hydrogen-bond acceptors (Lipinski definition) is 5. The van der Waals surface area contributed by atoms with Gasteiger partial charge >= 0.3 is 6.09 Å². The van der Waals surface area contributed by atoms with E-state index in [1.807, 2.05) is 20.8 Å². The first kappa shape index (κ1) is 19.6. The maximum Gasteiger partial charge on any atom is 0.407 e. The van der Waals surface area contributed by atoms with Crippen LogP contribution in [0, 0.1) is 0 Å². The van der Waals surface area contributed by atoms with Gasteiger partial charge in [0, 0.05) is 37.9 Å². The molecule has 146 valence electrons. The highest BCUT2D eigenvalue weighted by Crippen LogP contribution is 2.15. The van der Waals surface area contributed by atoms with E-state index in [0.717, 1.165) is 31.6 Å². The third-order valence-electron chi connectivity index (χ3n) is 4.37. The number of nitrogens with one attached hydrogen (secondary N) is 1. The third kappa shape index (κ3) is 5.43. The zero-order valence-electron chi connectivity index (χ0n) is 15.9. The van der Waals surface area contributed by atoms with Gasteiger partial charge in [-0.25, -0.2) is 9.78 Å². The van der Waals surface area contributed by atoms with Gasteiger partial charge < -0.3 is 10.1 Å². The molecule has 0 aliphatic carbocycles. The fourth-order valence-corrected chi connectivity index (χ4v) is 3.31. The predicted octanol–water partition coefficient (Wildman–Crippen LogP) is 2.84. The van der Waals surface area contributed by atoms with E-state index in [-0.39, 0.29) is 17.7 Å². The number of piperidine rings is 1. The number of fused-ring (bicyclic) bond motifs is 1. The lowest BCUT2D eigenvalue weighted by Gasteiger charge is -2.32. The number of rotatable bonds is 3. The normalized spacial score (nSPS) is 16.4. The molecule has 2 aromatic heterocycles. The summed E-state index contributed by atoms with van der Waals surface area (Å²) in [6, 6.07) is 5.12. The lowest BCUT2D eigenvalue weighted by Crippen LogP contribution is -2.46. The van der Waals surface area contributed by atoms with Crippen molar-refractivity contribution in [1.82, 2.24) is 19.6 Å². The van der Waals surface area contributed by atoms with Crippen LogP contribution in [0.2, 0.25) is 5.02 Å². The van der Waals surface area contributed by atoms with Crippen LogP contribution >= 0.6 is 11.6 Å². The molecule has 0 saturated carbocycles. The molecular weight excluding hydrogens is 368 g/mol. The van der Waals surface area contributed by atoms with Crippen LogP contribution in [0.1, 0.15) is 39.3 Å². The van der Waals surface area contributed by atoms with Crippen LogP contribution in [-0.2, 0) is 11.3 Å². The Labute approximate surface area is 163 Å². The lowest BCUT2D eigenvalue weighted by atomic mass is 10.1. The highest BCUT2D eigenvalue weighted by atomic mass is 35.5. The van der Waals surface area contributed by atoms with Crippen LogP contribution in [0.3, 0.4) is 0 Å². The molecular formula is C19H25ClN4O3. The van der Waals surface area contributed by atoms with Gasteiger partial charge in [0.1, 0.15) is 11.2 Å². The number of pyridine rings is 1. The number of carbonyl (C=O) groups excluding carboxylic acids is 1. The van der Waals surface area contributed by atoms with Crippen molar-refractivity contribution in [3.63, 3.8) is 0 Å². The first-order valence-electron chi connectivity index (χ1n) is 9.09. The fourth-order valence-electron chi connectivity index (χ4n) is 3.15. The lowest BCUT2D eigenvalue weighted by molar-refractivity contribution is 0.0477. The largest absolute Gasteiger partial charge is 0.444 e. The number of alkyl carbamates (subject to hydrolysis) is 1. The molecule has 1 saturated heterocycles. The van der Waals surface area contributed by atoms with Gasteiger partial charge in [-0.2, -0.15) is 0 Å². The summed E-state index contributed by atoms with van der Waals surface area (Å²) in [6.45, 7) is 7.80. The van der Waals surface area contributed by atoms with E-state index < -0.39 is 5.60 Å². The molecule has 0 aromatic carbocycles. The van der Waals surface area contributed by atoms with Crippen LogP contribution in [0.4, 0.5) is 4.79 Å². The van der Waals surface area contributed by atoms with Crippen LogP contribution in [-0.4, -0.2) is 45.1 Å². The van der Waals surface area contributed by atoms with Gasteiger partial charge in [0.2, 0.25) is 0 Å². The van der Waals surface area contributed by atoms with Crippen molar-refractivity contribution < 1.29 is 9.53 Å². The maximum absolute atomic E-state index is 12.3. The summed E-state index contributed by atoms with van der Waals surface area (Å²) < 4.78 is 6.75. The Balaban J connectivity index is 1.56. The number of likely N-dealkylation sites (tertiary alicyclic amines) is 1. The molecule has 7 nitrogen and oxygen atoms in total. The zero-order valence-corrected chi connectivity index (χ0v) is 16.6. The SMILES string of the molecule is CC(C)(C)OC(=O)NC1CCN(Cc2cc(=O)n3cc(Cl)ccc3n2)CC1. The van der Waals surface area contributed by atoms with E-state index in [9.17, 15) is 9.59 Å². The van der Waals surface area contributed by atoms with Gasteiger partial charge in [-0.15, -0.1) is 0 Å². The highest BCUT2D eigenvalue weighted by Gasteiger charge is 2.24. The number of halogens is 1. The van der Waals surface area contributed by atoms with Crippen molar-refractivity contribution in [1.29, 1.82) is 0 Å². The summed E-state index contributed by atoms with van der Waals surface area (Å²) >= 11 is 5.94.